The second-order valence-corrected chi connectivity index (χ2v) is 8.67. The molecule has 110 valence electrons. The predicted molar refractivity (Wildman–Crippen MR) is 96.6 cm³/mol. The first-order chi connectivity index (χ1) is 10.1. The van der Waals surface area contributed by atoms with E-state index in [1.165, 1.54) is 0 Å². The fourth-order valence-electron chi connectivity index (χ4n) is 2.33. The number of rotatable bonds is 2. The lowest BCUT2D eigenvalue weighted by atomic mass is 10.1. The number of nitrogens with one attached hydrogen (secondary N) is 1. The average Bonchev–Trinajstić information content (AvgIpc) is 2.50. The van der Waals surface area contributed by atoms with Crippen LogP contribution in [0.15, 0.2) is 36.4 Å². The third-order valence-corrected chi connectivity index (χ3v) is 7.31. The van der Waals surface area contributed by atoms with Crippen LogP contribution in [0.4, 0.5) is 0 Å². The van der Waals surface area contributed by atoms with Gasteiger partial charge in [-0.1, -0.05) is 56.4 Å². The molecule has 0 saturated carbocycles. The lowest BCUT2D eigenvalue weighted by Crippen LogP contribution is -2.23. The normalized spacial score (nSPS) is 25.7. The maximum absolute atomic E-state index is 5.36. The first kappa shape index (κ1) is 15.1. The van der Waals surface area contributed by atoms with Crippen LogP contribution in [-0.4, -0.2) is 26.2 Å². The van der Waals surface area contributed by atoms with Gasteiger partial charge in [0.25, 0.3) is 0 Å². The van der Waals surface area contributed by atoms with Crippen LogP contribution < -0.4 is 0 Å². The molecule has 1 N–H and O–H groups in total. The molecule has 21 heavy (non-hydrogen) atoms. The fourth-order valence-corrected chi connectivity index (χ4v) is 5.41. The maximum Gasteiger partial charge on any atom is 0.130 e. The van der Waals surface area contributed by atoms with E-state index < -0.39 is 0 Å². The zero-order chi connectivity index (χ0) is 14.8. The van der Waals surface area contributed by atoms with Gasteiger partial charge < -0.3 is 4.98 Å². The molecule has 1 aliphatic heterocycles. The number of H-pyrrole nitrogens is 1. The third kappa shape index (κ3) is 3.52. The Balaban J connectivity index is 1.93. The highest BCUT2D eigenvalue weighted by Crippen LogP contribution is 2.43. The van der Waals surface area contributed by atoms with E-state index in [1.807, 2.05) is 47.8 Å². The topological polar surface area (TPSA) is 28.7 Å². The van der Waals surface area contributed by atoms with Gasteiger partial charge in [0, 0.05) is 21.9 Å². The molecule has 0 aliphatic carbocycles. The zero-order valence-electron chi connectivity index (χ0n) is 12.1. The molecule has 2 nitrogen and oxygen atoms in total. The lowest BCUT2D eigenvalue weighted by molar-refractivity contribution is 0.858. The van der Waals surface area contributed by atoms with Gasteiger partial charge in [0.15, 0.2) is 0 Å². The summed E-state index contributed by atoms with van der Waals surface area (Å²) in [6.45, 7) is 4.60. The Kier molecular flexibility index (Phi) is 4.72. The molecule has 0 radical (unpaired) electrons. The molecule has 2 heterocycles. The molecule has 5 heteroatoms. The molecule has 1 fully saturated rings. The Morgan fingerprint density at radius 2 is 1.95 bits per heavy atom. The van der Waals surface area contributed by atoms with Gasteiger partial charge >= 0.3 is 0 Å². The van der Waals surface area contributed by atoms with Crippen LogP contribution in [-0.2, 0) is 0 Å². The number of aromatic nitrogens is 2. The van der Waals surface area contributed by atoms with Gasteiger partial charge in [-0.3, -0.25) is 0 Å². The monoisotopic (exact) mass is 334 g/mol. The molecule has 3 unspecified atom stereocenters. The van der Waals surface area contributed by atoms with Crippen LogP contribution in [0.5, 0.6) is 0 Å². The zero-order valence-corrected chi connectivity index (χ0v) is 14.5. The first-order valence-corrected chi connectivity index (χ1v) is 9.47. The van der Waals surface area contributed by atoms with Gasteiger partial charge in [-0.05, 0) is 11.6 Å². The van der Waals surface area contributed by atoms with Gasteiger partial charge in [0.05, 0.1) is 5.25 Å². The molecular formula is C16H18N2S3. The summed E-state index contributed by atoms with van der Waals surface area (Å²) in [6.07, 6.45) is 0. The standard InChI is InChI=1S/C16H18N2S3/c1-10-11(2)21-14(9-20-10)16-17-13(8-15(19)18-16)12-6-4-3-5-7-12/h3-8,10-11,14H,9H2,1-2H3,(H,17,18,19). The number of nitrogens with zero attached hydrogens (tertiary/aromatic N) is 1. The fraction of sp³-hybridized carbons (Fsp3) is 0.375. The SMILES string of the molecule is CC1SCC(c2nc(=S)cc(-c3ccccc3)[nH]2)SC1C. The first-order valence-electron chi connectivity index (χ1n) is 7.07. The van der Waals surface area contributed by atoms with Gasteiger partial charge in [0.1, 0.15) is 10.5 Å². The van der Waals surface area contributed by atoms with E-state index in [1.54, 1.807) is 0 Å². The van der Waals surface area contributed by atoms with Gasteiger partial charge in [-0.2, -0.15) is 11.8 Å². The minimum atomic E-state index is 0.395. The summed E-state index contributed by atoms with van der Waals surface area (Å²) in [5, 5.41) is 1.73. The molecule has 0 spiro atoms. The Labute approximate surface area is 139 Å². The minimum Gasteiger partial charge on any atom is -0.342 e. The van der Waals surface area contributed by atoms with Crippen molar-refractivity contribution in [3.63, 3.8) is 0 Å². The Morgan fingerprint density at radius 1 is 1.19 bits per heavy atom. The van der Waals surface area contributed by atoms with E-state index >= 15 is 0 Å². The van der Waals surface area contributed by atoms with Crippen LogP contribution >= 0.6 is 35.7 Å². The molecule has 3 rings (SSSR count). The smallest absolute Gasteiger partial charge is 0.130 e. The van der Waals surface area contributed by atoms with E-state index in [-0.39, 0.29) is 0 Å². The molecule has 1 saturated heterocycles. The average molecular weight is 335 g/mol. The number of thioether (sulfide) groups is 2. The highest BCUT2D eigenvalue weighted by atomic mass is 32.2. The highest BCUT2D eigenvalue weighted by Gasteiger charge is 2.28. The molecule has 1 aromatic carbocycles. The van der Waals surface area contributed by atoms with E-state index in [0.29, 0.717) is 20.4 Å². The van der Waals surface area contributed by atoms with Gasteiger partial charge in [-0.25, -0.2) is 4.98 Å². The van der Waals surface area contributed by atoms with Crippen molar-refractivity contribution in [2.45, 2.75) is 29.6 Å². The summed E-state index contributed by atoms with van der Waals surface area (Å²) in [5.41, 5.74) is 2.21. The summed E-state index contributed by atoms with van der Waals surface area (Å²) in [7, 11) is 0. The summed E-state index contributed by atoms with van der Waals surface area (Å²) in [5.74, 6) is 2.10. The maximum atomic E-state index is 5.36. The number of aromatic amines is 1. The number of hydrogen-bond acceptors (Lipinski definition) is 4. The van der Waals surface area contributed by atoms with Crippen molar-refractivity contribution in [1.82, 2.24) is 9.97 Å². The molecular weight excluding hydrogens is 316 g/mol. The summed E-state index contributed by atoms with van der Waals surface area (Å²) in [6, 6.07) is 12.2. The van der Waals surface area contributed by atoms with Crippen LogP contribution in [0, 0.1) is 4.64 Å². The van der Waals surface area contributed by atoms with E-state index in [2.05, 4.69) is 35.9 Å². The van der Waals surface area contributed by atoms with Crippen LogP contribution in [0.2, 0.25) is 0 Å². The predicted octanol–water partition coefficient (Wildman–Crippen LogP) is 5.10. The van der Waals surface area contributed by atoms with Crippen molar-refractivity contribution < 1.29 is 0 Å². The van der Waals surface area contributed by atoms with Crippen molar-refractivity contribution in [3.8, 4) is 11.3 Å². The summed E-state index contributed by atoms with van der Waals surface area (Å²) in [4.78, 5) is 8.06. The van der Waals surface area contributed by atoms with Crippen LogP contribution in [0.3, 0.4) is 0 Å². The summed E-state index contributed by atoms with van der Waals surface area (Å²) >= 11 is 9.38. The largest absolute Gasteiger partial charge is 0.342 e. The van der Waals surface area contributed by atoms with Crippen molar-refractivity contribution in [1.29, 1.82) is 0 Å². The molecule has 0 amide bonds. The van der Waals surface area contributed by atoms with Crippen molar-refractivity contribution in [2.24, 2.45) is 0 Å². The Morgan fingerprint density at radius 3 is 2.67 bits per heavy atom. The Bertz CT molecular complexity index is 669. The van der Waals surface area contributed by atoms with Gasteiger partial charge in [0.2, 0.25) is 0 Å². The quantitative estimate of drug-likeness (QED) is 0.773. The second-order valence-electron chi connectivity index (χ2n) is 5.25. The third-order valence-electron chi connectivity index (χ3n) is 3.70. The summed E-state index contributed by atoms with van der Waals surface area (Å²) < 4.78 is 0.666. The van der Waals surface area contributed by atoms with Crippen molar-refractivity contribution in [3.05, 3.63) is 46.9 Å². The van der Waals surface area contributed by atoms with E-state index in [9.17, 15) is 0 Å². The molecule has 0 bridgehead atoms. The van der Waals surface area contributed by atoms with Gasteiger partial charge in [-0.15, -0.1) is 11.8 Å². The molecule has 1 aliphatic rings. The molecule has 2 aromatic rings. The Hall–Kier alpha value is -0.780. The van der Waals surface area contributed by atoms with Crippen molar-refractivity contribution >= 4 is 35.7 Å². The minimum absolute atomic E-state index is 0.395. The second kappa shape index (κ2) is 6.55. The molecule has 1 aromatic heterocycles. The number of benzene rings is 1. The van der Waals surface area contributed by atoms with E-state index in [4.69, 9.17) is 12.2 Å². The number of hydrogen-bond donors (Lipinski definition) is 1. The van der Waals surface area contributed by atoms with E-state index in [0.717, 1.165) is 22.8 Å². The van der Waals surface area contributed by atoms with Crippen LogP contribution in [0.25, 0.3) is 11.3 Å². The lowest BCUT2D eigenvalue weighted by Gasteiger charge is -2.30. The van der Waals surface area contributed by atoms with Crippen LogP contribution in [0.1, 0.15) is 24.9 Å². The van der Waals surface area contributed by atoms with Crippen molar-refractivity contribution in [2.75, 3.05) is 5.75 Å². The molecule has 3 atom stereocenters. The highest BCUT2D eigenvalue weighted by molar-refractivity contribution is 8.07.